The molecule has 0 aromatic heterocycles. The van der Waals surface area contributed by atoms with Crippen LogP contribution in [0, 0.1) is 0 Å². The molecule has 0 heterocycles. The van der Waals surface area contributed by atoms with E-state index in [2.05, 4.69) is 11.4 Å². The molecule has 0 atom stereocenters. The molecule has 4 nitrogen and oxygen atoms in total. The highest BCUT2D eigenvalue weighted by molar-refractivity contribution is 5.46. The van der Waals surface area contributed by atoms with Gasteiger partial charge in [0.1, 0.15) is 5.75 Å². The Kier molecular flexibility index (Phi) is 5.46. The molecule has 0 aliphatic rings. The Hall–Kier alpha value is -2.20. The van der Waals surface area contributed by atoms with Gasteiger partial charge in [0.2, 0.25) is 0 Å². The first-order chi connectivity index (χ1) is 10.3. The SMILES string of the molecule is COc1cccc(CNCc2cccc(OC)c2OC)c1. The number of nitrogens with one attached hydrogen (secondary N) is 1. The summed E-state index contributed by atoms with van der Waals surface area (Å²) in [6.07, 6.45) is 0. The third kappa shape index (κ3) is 3.89. The molecule has 0 aliphatic carbocycles. The van der Waals surface area contributed by atoms with Crippen LogP contribution in [0.1, 0.15) is 11.1 Å². The standard InChI is InChI=1S/C17H21NO3/c1-19-15-8-4-6-13(10-15)11-18-12-14-7-5-9-16(20-2)17(14)21-3/h4-10,18H,11-12H2,1-3H3. The minimum atomic E-state index is 0.706. The lowest BCUT2D eigenvalue weighted by Gasteiger charge is -2.13. The lowest BCUT2D eigenvalue weighted by molar-refractivity contribution is 0.350. The van der Waals surface area contributed by atoms with Crippen LogP contribution in [0.25, 0.3) is 0 Å². The summed E-state index contributed by atoms with van der Waals surface area (Å²) in [5, 5.41) is 3.40. The molecule has 4 heteroatoms. The minimum Gasteiger partial charge on any atom is -0.497 e. The summed E-state index contributed by atoms with van der Waals surface area (Å²) in [6.45, 7) is 1.47. The molecule has 21 heavy (non-hydrogen) atoms. The van der Waals surface area contributed by atoms with Crippen molar-refractivity contribution in [3.63, 3.8) is 0 Å². The normalized spacial score (nSPS) is 10.2. The molecule has 0 saturated heterocycles. The predicted octanol–water partition coefficient (Wildman–Crippen LogP) is 3.00. The Morgan fingerprint density at radius 1 is 0.857 bits per heavy atom. The van der Waals surface area contributed by atoms with Crippen molar-refractivity contribution in [2.75, 3.05) is 21.3 Å². The predicted molar refractivity (Wildman–Crippen MR) is 83.1 cm³/mol. The average Bonchev–Trinajstić information content (AvgIpc) is 2.54. The fourth-order valence-electron chi connectivity index (χ4n) is 2.22. The van der Waals surface area contributed by atoms with Crippen molar-refractivity contribution >= 4 is 0 Å². The van der Waals surface area contributed by atoms with Gasteiger partial charge in [0, 0.05) is 18.7 Å². The van der Waals surface area contributed by atoms with Gasteiger partial charge in [-0.25, -0.2) is 0 Å². The average molecular weight is 287 g/mol. The summed E-state index contributed by atoms with van der Waals surface area (Å²) < 4.78 is 15.9. The van der Waals surface area contributed by atoms with Crippen LogP contribution in [-0.4, -0.2) is 21.3 Å². The minimum absolute atomic E-state index is 0.706. The number of hydrogen-bond acceptors (Lipinski definition) is 4. The van der Waals surface area contributed by atoms with Crippen LogP contribution < -0.4 is 19.5 Å². The molecule has 2 rings (SSSR count). The molecule has 1 N–H and O–H groups in total. The highest BCUT2D eigenvalue weighted by Gasteiger charge is 2.08. The third-order valence-corrected chi connectivity index (χ3v) is 3.26. The van der Waals surface area contributed by atoms with E-state index in [9.17, 15) is 0 Å². The number of methoxy groups -OCH3 is 3. The number of ether oxygens (including phenoxy) is 3. The van der Waals surface area contributed by atoms with Crippen LogP contribution in [0.2, 0.25) is 0 Å². The molecule has 0 unspecified atom stereocenters. The molecular weight excluding hydrogens is 266 g/mol. The Morgan fingerprint density at radius 2 is 1.67 bits per heavy atom. The first kappa shape index (κ1) is 15.2. The molecule has 0 aliphatic heterocycles. The van der Waals surface area contributed by atoms with E-state index in [0.717, 1.165) is 29.4 Å². The van der Waals surface area contributed by atoms with Crippen LogP contribution >= 0.6 is 0 Å². The molecule has 2 aromatic carbocycles. The van der Waals surface area contributed by atoms with E-state index >= 15 is 0 Å². The van der Waals surface area contributed by atoms with Crippen molar-refractivity contribution in [1.82, 2.24) is 5.32 Å². The Bertz CT molecular complexity index is 584. The van der Waals surface area contributed by atoms with Gasteiger partial charge in [0.15, 0.2) is 11.5 Å². The molecule has 112 valence electrons. The summed E-state index contributed by atoms with van der Waals surface area (Å²) in [6, 6.07) is 13.9. The first-order valence-electron chi connectivity index (χ1n) is 6.82. The van der Waals surface area contributed by atoms with Crippen molar-refractivity contribution in [2.24, 2.45) is 0 Å². The summed E-state index contributed by atoms with van der Waals surface area (Å²) in [7, 11) is 4.97. The summed E-state index contributed by atoms with van der Waals surface area (Å²) in [5.41, 5.74) is 2.25. The molecule has 0 radical (unpaired) electrons. The Morgan fingerprint density at radius 3 is 2.38 bits per heavy atom. The zero-order valence-electron chi connectivity index (χ0n) is 12.7. The zero-order chi connectivity index (χ0) is 15.1. The van der Waals surface area contributed by atoms with E-state index in [0.29, 0.717) is 6.54 Å². The molecule has 0 saturated carbocycles. The second-order valence-corrected chi connectivity index (χ2v) is 4.61. The van der Waals surface area contributed by atoms with Gasteiger partial charge in [-0.15, -0.1) is 0 Å². The Labute approximate surface area is 125 Å². The van der Waals surface area contributed by atoms with Gasteiger partial charge in [-0.3, -0.25) is 0 Å². The number of benzene rings is 2. The summed E-state index contributed by atoms with van der Waals surface area (Å²) >= 11 is 0. The third-order valence-electron chi connectivity index (χ3n) is 3.26. The summed E-state index contributed by atoms with van der Waals surface area (Å²) in [4.78, 5) is 0. The van der Waals surface area contributed by atoms with Gasteiger partial charge >= 0.3 is 0 Å². The van der Waals surface area contributed by atoms with Crippen molar-refractivity contribution in [3.8, 4) is 17.2 Å². The van der Waals surface area contributed by atoms with Crippen molar-refractivity contribution < 1.29 is 14.2 Å². The monoisotopic (exact) mass is 287 g/mol. The molecule has 0 spiro atoms. The van der Waals surface area contributed by atoms with Crippen LogP contribution in [0.5, 0.6) is 17.2 Å². The smallest absolute Gasteiger partial charge is 0.165 e. The van der Waals surface area contributed by atoms with E-state index in [1.807, 2.05) is 36.4 Å². The number of hydrogen-bond donors (Lipinski definition) is 1. The maximum atomic E-state index is 5.42. The van der Waals surface area contributed by atoms with Crippen LogP contribution in [0.15, 0.2) is 42.5 Å². The Balaban J connectivity index is 2.00. The van der Waals surface area contributed by atoms with E-state index in [1.165, 1.54) is 5.56 Å². The van der Waals surface area contributed by atoms with Gasteiger partial charge in [0.05, 0.1) is 21.3 Å². The van der Waals surface area contributed by atoms with Crippen molar-refractivity contribution in [2.45, 2.75) is 13.1 Å². The highest BCUT2D eigenvalue weighted by atomic mass is 16.5. The van der Waals surface area contributed by atoms with Crippen LogP contribution in [0.4, 0.5) is 0 Å². The van der Waals surface area contributed by atoms with Gasteiger partial charge in [-0.05, 0) is 23.8 Å². The molecule has 2 aromatic rings. The first-order valence-corrected chi connectivity index (χ1v) is 6.82. The van der Waals surface area contributed by atoms with Gasteiger partial charge in [-0.2, -0.15) is 0 Å². The summed E-state index contributed by atoms with van der Waals surface area (Å²) in [5.74, 6) is 2.39. The maximum Gasteiger partial charge on any atom is 0.165 e. The van der Waals surface area contributed by atoms with Gasteiger partial charge in [-0.1, -0.05) is 24.3 Å². The zero-order valence-corrected chi connectivity index (χ0v) is 12.7. The van der Waals surface area contributed by atoms with E-state index < -0.39 is 0 Å². The fourth-order valence-corrected chi connectivity index (χ4v) is 2.22. The second-order valence-electron chi connectivity index (χ2n) is 4.61. The molecule has 0 bridgehead atoms. The quantitative estimate of drug-likeness (QED) is 0.850. The molecule has 0 amide bonds. The van der Waals surface area contributed by atoms with Gasteiger partial charge in [0.25, 0.3) is 0 Å². The van der Waals surface area contributed by atoms with Crippen LogP contribution in [0.3, 0.4) is 0 Å². The molecule has 0 fully saturated rings. The van der Waals surface area contributed by atoms with E-state index in [4.69, 9.17) is 14.2 Å². The lowest BCUT2D eigenvalue weighted by Crippen LogP contribution is -2.13. The fraction of sp³-hybridized carbons (Fsp3) is 0.294. The maximum absolute atomic E-state index is 5.42. The highest BCUT2D eigenvalue weighted by Crippen LogP contribution is 2.30. The van der Waals surface area contributed by atoms with Crippen molar-refractivity contribution in [1.29, 1.82) is 0 Å². The second kappa shape index (κ2) is 7.55. The largest absolute Gasteiger partial charge is 0.497 e. The van der Waals surface area contributed by atoms with Gasteiger partial charge < -0.3 is 19.5 Å². The van der Waals surface area contributed by atoms with Crippen LogP contribution in [-0.2, 0) is 13.1 Å². The number of para-hydroxylation sites is 1. The number of rotatable bonds is 7. The molecular formula is C17H21NO3. The lowest BCUT2D eigenvalue weighted by atomic mass is 10.1. The topological polar surface area (TPSA) is 39.7 Å². The van der Waals surface area contributed by atoms with E-state index in [1.54, 1.807) is 21.3 Å². The van der Waals surface area contributed by atoms with Crippen molar-refractivity contribution in [3.05, 3.63) is 53.6 Å². The van der Waals surface area contributed by atoms with E-state index in [-0.39, 0.29) is 0 Å².